The molecule has 1 aliphatic carbocycles. The van der Waals surface area contributed by atoms with Gasteiger partial charge in [-0.15, -0.1) is 11.3 Å². The van der Waals surface area contributed by atoms with Gasteiger partial charge in [0.2, 0.25) is 0 Å². The van der Waals surface area contributed by atoms with Crippen molar-refractivity contribution in [2.45, 2.75) is 25.7 Å². The highest BCUT2D eigenvalue weighted by Crippen LogP contribution is 2.46. The summed E-state index contributed by atoms with van der Waals surface area (Å²) in [6, 6.07) is 8.63. The van der Waals surface area contributed by atoms with Gasteiger partial charge in [-0.05, 0) is 35.8 Å². The summed E-state index contributed by atoms with van der Waals surface area (Å²) in [5.41, 5.74) is 9.44. The first-order chi connectivity index (χ1) is 11.8. The number of benzene rings is 1. The lowest BCUT2D eigenvalue weighted by molar-refractivity contribution is -0.384. The van der Waals surface area contributed by atoms with Crippen LogP contribution >= 0.6 is 11.3 Å². The zero-order chi connectivity index (χ0) is 18.2. The molecule has 0 spiro atoms. The fourth-order valence-corrected chi connectivity index (χ4v) is 4.16. The molecule has 0 fully saturated rings. The predicted molar refractivity (Wildman–Crippen MR) is 101 cm³/mol. The Morgan fingerprint density at radius 3 is 2.60 bits per heavy atom. The Hall–Kier alpha value is -2.91. The largest absolute Gasteiger partial charge is 0.389 e. The Kier molecular flexibility index (Phi) is 4.19. The second kappa shape index (κ2) is 6.19. The summed E-state index contributed by atoms with van der Waals surface area (Å²) in [4.78, 5) is 11.4. The van der Waals surface area contributed by atoms with E-state index in [1.54, 1.807) is 12.1 Å². The van der Waals surface area contributed by atoms with E-state index in [1.165, 1.54) is 23.5 Å². The van der Waals surface area contributed by atoms with Crippen LogP contribution in [0.25, 0.3) is 12.2 Å². The molecule has 5 nitrogen and oxygen atoms in total. The van der Waals surface area contributed by atoms with Crippen molar-refractivity contribution in [1.82, 2.24) is 0 Å². The van der Waals surface area contributed by atoms with Crippen molar-refractivity contribution in [1.29, 1.82) is 5.26 Å². The number of nitro groups is 1. The number of non-ortho nitro benzene ring substituents is 1. The van der Waals surface area contributed by atoms with E-state index in [0.717, 1.165) is 28.0 Å². The van der Waals surface area contributed by atoms with E-state index in [4.69, 9.17) is 5.73 Å². The lowest BCUT2D eigenvalue weighted by atomic mass is 9.77. The van der Waals surface area contributed by atoms with E-state index >= 15 is 0 Å². The fourth-order valence-electron chi connectivity index (χ4n) is 3.06. The number of anilines is 1. The summed E-state index contributed by atoms with van der Waals surface area (Å²) in [7, 11) is 0. The minimum atomic E-state index is -0.411. The number of nitriles is 1. The molecule has 0 unspecified atom stereocenters. The lowest BCUT2D eigenvalue weighted by Crippen LogP contribution is -2.20. The van der Waals surface area contributed by atoms with Gasteiger partial charge in [-0.2, -0.15) is 5.26 Å². The molecule has 2 aromatic rings. The van der Waals surface area contributed by atoms with Crippen LogP contribution in [0.2, 0.25) is 0 Å². The Balaban J connectivity index is 1.94. The zero-order valence-electron chi connectivity index (χ0n) is 13.9. The lowest BCUT2D eigenvalue weighted by Gasteiger charge is -2.29. The molecule has 3 rings (SSSR count). The van der Waals surface area contributed by atoms with E-state index in [-0.39, 0.29) is 11.1 Å². The van der Waals surface area contributed by atoms with Crippen LogP contribution in [0, 0.1) is 21.4 Å². The van der Waals surface area contributed by atoms with Crippen molar-refractivity contribution >= 4 is 34.2 Å². The summed E-state index contributed by atoms with van der Waals surface area (Å²) in [6.07, 6.45) is 6.79. The van der Waals surface area contributed by atoms with Crippen LogP contribution in [-0.4, -0.2) is 4.92 Å². The van der Waals surface area contributed by atoms with E-state index < -0.39 is 4.92 Å². The van der Waals surface area contributed by atoms with Gasteiger partial charge in [0, 0.05) is 28.0 Å². The quantitative estimate of drug-likeness (QED) is 0.629. The molecule has 0 saturated carbocycles. The van der Waals surface area contributed by atoms with Crippen LogP contribution < -0.4 is 5.73 Å². The summed E-state index contributed by atoms with van der Waals surface area (Å²) < 4.78 is 0. The first kappa shape index (κ1) is 16.9. The predicted octanol–water partition coefficient (Wildman–Crippen LogP) is 4.89. The molecular formula is C19H17N3O2S. The van der Waals surface area contributed by atoms with Gasteiger partial charge in [-0.1, -0.05) is 26.0 Å². The zero-order valence-corrected chi connectivity index (χ0v) is 14.8. The molecule has 1 heterocycles. The molecule has 1 aromatic heterocycles. The molecule has 126 valence electrons. The number of hydrogen-bond acceptors (Lipinski definition) is 5. The summed E-state index contributed by atoms with van der Waals surface area (Å²) in [5, 5.41) is 20.7. The maximum Gasteiger partial charge on any atom is 0.269 e. The Bertz CT molecular complexity index is 944. The molecule has 0 radical (unpaired) electrons. The SMILES string of the molecule is CC1(C)CC(/C=C/c2ccc([N+](=O)[O-])cc2)=Cc2c1sc(N)c2C#N. The van der Waals surface area contributed by atoms with E-state index in [2.05, 4.69) is 19.9 Å². The number of nitrogens with zero attached hydrogens (tertiary/aromatic N) is 2. The summed E-state index contributed by atoms with van der Waals surface area (Å²) in [5.74, 6) is 0. The molecule has 0 bridgehead atoms. The normalized spacial score (nSPS) is 15.5. The van der Waals surface area contributed by atoms with Crippen LogP contribution in [0.1, 0.15) is 41.8 Å². The monoisotopic (exact) mass is 351 g/mol. The van der Waals surface area contributed by atoms with Gasteiger partial charge in [0.15, 0.2) is 0 Å². The third-order valence-corrected chi connectivity index (χ3v) is 5.67. The number of thiophene rings is 1. The number of allylic oxidation sites excluding steroid dienone is 2. The van der Waals surface area contributed by atoms with Crippen molar-refractivity contribution in [3.8, 4) is 6.07 Å². The van der Waals surface area contributed by atoms with Gasteiger partial charge in [0.05, 0.1) is 10.5 Å². The van der Waals surface area contributed by atoms with Crippen LogP contribution in [0.5, 0.6) is 0 Å². The highest BCUT2D eigenvalue weighted by Gasteiger charge is 2.32. The Labute approximate surface area is 149 Å². The first-order valence-corrected chi connectivity index (χ1v) is 8.59. The molecule has 0 aliphatic heterocycles. The molecular weight excluding hydrogens is 334 g/mol. The van der Waals surface area contributed by atoms with E-state index in [9.17, 15) is 15.4 Å². The number of nitro benzene ring substituents is 1. The molecule has 25 heavy (non-hydrogen) atoms. The summed E-state index contributed by atoms with van der Waals surface area (Å²) >= 11 is 1.49. The maximum absolute atomic E-state index is 10.7. The van der Waals surface area contributed by atoms with Gasteiger partial charge in [-0.3, -0.25) is 10.1 Å². The summed E-state index contributed by atoms with van der Waals surface area (Å²) in [6.45, 7) is 4.30. The number of fused-ring (bicyclic) bond motifs is 1. The average Bonchev–Trinajstić information content (AvgIpc) is 2.89. The molecule has 0 amide bonds. The van der Waals surface area contributed by atoms with Crippen LogP contribution in [0.4, 0.5) is 10.7 Å². The standard InChI is InChI=1S/C19H17N3O2S/c1-19(2)10-13(9-15-16(11-20)18(21)25-17(15)19)4-3-12-5-7-14(8-6-12)22(23)24/h3-9H,10,21H2,1-2H3/b4-3+. The van der Waals surface area contributed by atoms with Crippen molar-refractivity contribution < 1.29 is 4.92 Å². The minimum absolute atomic E-state index is 0.0761. The molecule has 0 saturated heterocycles. The Morgan fingerprint density at radius 2 is 2.00 bits per heavy atom. The third-order valence-electron chi connectivity index (χ3n) is 4.27. The van der Waals surface area contributed by atoms with Gasteiger partial charge >= 0.3 is 0 Å². The molecule has 2 N–H and O–H groups in total. The fraction of sp³-hybridized carbons (Fsp3) is 0.211. The van der Waals surface area contributed by atoms with Crippen molar-refractivity contribution in [3.05, 3.63) is 67.6 Å². The number of rotatable bonds is 3. The van der Waals surface area contributed by atoms with Gasteiger partial charge < -0.3 is 5.73 Å². The second-order valence-corrected chi connectivity index (χ2v) is 7.71. The topological polar surface area (TPSA) is 92.9 Å². The Morgan fingerprint density at radius 1 is 1.32 bits per heavy atom. The third kappa shape index (κ3) is 3.19. The van der Waals surface area contributed by atoms with Crippen LogP contribution in [0.3, 0.4) is 0 Å². The van der Waals surface area contributed by atoms with Crippen molar-refractivity contribution in [3.63, 3.8) is 0 Å². The highest BCUT2D eigenvalue weighted by atomic mass is 32.1. The van der Waals surface area contributed by atoms with Crippen molar-refractivity contribution in [2.75, 3.05) is 5.73 Å². The van der Waals surface area contributed by atoms with E-state index in [1.807, 2.05) is 18.2 Å². The van der Waals surface area contributed by atoms with Crippen LogP contribution in [0.15, 0.2) is 35.9 Å². The number of hydrogen-bond donors (Lipinski definition) is 1. The molecule has 1 aliphatic rings. The smallest absolute Gasteiger partial charge is 0.269 e. The molecule has 6 heteroatoms. The van der Waals surface area contributed by atoms with Gasteiger partial charge in [-0.25, -0.2) is 0 Å². The maximum atomic E-state index is 10.7. The average molecular weight is 351 g/mol. The van der Waals surface area contributed by atoms with Crippen LogP contribution in [-0.2, 0) is 5.41 Å². The van der Waals surface area contributed by atoms with Gasteiger partial charge in [0.25, 0.3) is 5.69 Å². The molecule has 0 atom stereocenters. The minimum Gasteiger partial charge on any atom is -0.389 e. The second-order valence-electron chi connectivity index (χ2n) is 6.66. The first-order valence-electron chi connectivity index (χ1n) is 7.78. The van der Waals surface area contributed by atoms with E-state index in [0.29, 0.717) is 10.6 Å². The number of nitrogen functional groups attached to an aromatic ring is 1. The highest BCUT2D eigenvalue weighted by molar-refractivity contribution is 7.16. The van der Waals surface area contributed by atoms with Crippen molar-refractivity contribution in [2.24, 2.45) is 0 Å². The van der Waals surface area contributed by atoms with Gasteiger partial charge in [0.1, 0.15) is 11.1 Å². The number of nitrogens with two attached hydrogens (primary N) is 1. The molecule has 1 aromatic carbocycles.